The van der Waals surface area contributed by atoms with Crippen LogP contribution in [0.3, 0.4) is 0 Å². The summed E-state index contributed by atoms with van der Waals surface area (Å²) >= 11 is 0. The van der Waals surface area contributed by atoms with Crippen molar-refractivity contribution in [1.29, 1.82) is 0 Å². The first-order valence-corrected chi connectivity index (χ1v) is 4.58. The van der Waals surface area contributed by atoms with E-state index in [1.54, 1.807) is 0 Å². The quantitative estimate of drug-likeness (QED) is 0.311. The summed E-state index contributed by atoms with van der Waals surface area (Å²) in [5, 5.41) is 0. The van der Waals surface area contributed by atoms with Gasteiger partial charge in [0, 0.05) is 33.9 Å². The largest absolute Gasteiger partial charge is 0.413 e. The van der Waals surface area contributed by atoms with Crippen LogP contribution in [-0.4, -0.2) is 27.9 Å². The Morgan fingerprint density at radius 2 is 1.75 bits per heavy atom. The van der Waals surface area contributed by atoms with Gasteiger partial charge in [-0.2, -0.15) is 0 Å². The van der Waals surface area contributed by atoms with Crippen molar-refractivity contribution < 1.29 is 46.7 Å². The van der Waals surface area contributed by atoms with Crippen molar-refractivity contribution >= 4 is 8.60 Å². The zero-order valence-corrected chi connectivity index (χ0v) is 12.4. The minimum atomic E-state index is -2.62. The molecule has 0 spiro atoms. The predicted octanol–water partition coefficient (Wildman–Crippen LogP) is 0.825. The van der Waals surface area contributed by atoms with Crippen LogP contribution in [0.1, 0.15) is 19.8 Å². The molecule has 0 aromatic rings. The Balaban J connectivity index is -0.000000142. The minimum Gasteiger partial charge on any atom is -0.413 e. The summed E-state index contributed by atoms with van der Waals surface area (Å²) in [7, 11) is -2.62. The van der Waals surface area contributed by atoms with Crippen LogP contribution in [0.2, 0.25) is 0 Å². The molecule has 0 unspecified atom stereocenters. The first-order chi connectivity index (χ1) is 5.15. The molecule has 12 heavy (non-hydrogen) atoms. The van der Waals surface area contributed by atoms with E-state index in [4.69, 9.17) is 19.4 Å². The molecule has 0 aromatic heterocycles. The third-order valence-electron chi connectivity index (χ3n) is 0.787. The first kappa shape index (κ1) is 18.9. The van der Waals surface area contributed by atoms with Crippen LogP contribution in [0.25, 0.3) is 0 Å². The molecule has 0 fully saturated rings. The van der Waals surface area contributed by atoms with E-state index in [9.17, 15) is 0 Å². The molecular formula is C6H16CdO4P-. The zero-order chi connectivity index (χ0) is 9.11. The maximum atomic E-state index is 7.23. The van der Waals surface area contributed by atoms with Gasteiger partial charge in [-0.05, 0) is 6.42 Å². The van der Waals surface area contributed by atoms with E-state index in [1.165, 1.54) is 6.42 Å². The third kappa shape index (κ3) is 43.1. The Hall–Kier alpha value is 1.19. The number of hydrogen-bond acceptors (Lipinski definition) is 4. The smallest absolute Gasteiger partial charge is 0.324 e. The van der Waals surface area contributed by atoms with E-state index in [0.717, 1.165) is 13.0 Å². The fraction of sp³-hybridized carbons (Fsp3) is 0.833. The van der Waals surface area contributed by atoms with Crippen LogP contribution in [0.5, 0.6) is 0 Å². The van der Waals surface area contributed by atoms with Crippen LogP contribution in [-0.2, 0) is 32.0 Å². The summed E-state index contributed by atoms with van der Waals surface area (Å²) in [6.07, 6.45) is 2.37. The van der Waals surface area contributed by atoms with Crippen molar-refractivity contribution in [2.75, 3.05) is 13.2 Å². The zero-order valence-electron chi connectivity index (χ0n) is 7.44. The van der Waals surface area contributed by atoms with Crippen LogP contribution in [0, 0.1) is 6.92 Å². The Morgan fingerprint density at radius 3 is 2.00 bits per heavy atom. The average molecular weight is 296 g/mol. The Labute approximate surface area is 95.1 Å². The van der Waals surface area contributed by atoms with Crippen LogP contribution in [0.15, 0.2) is 0 Å². The normalized spacial score (nSPS) is 8.50. The van der Waals surface area contributed by atoms with E-state index >= 15 is 0 Å². The van der Waals surface area contributed by atoms with Crippen molar-refractivity contribution in [3.8, 4) is 0 Å². The van der Waals surface area contributed by atoms with E-state index in [1.807, 2.05) is 0 Å². The maximum absolute atomic E-state index is 7.23. The Bertz CT molecular complexity index is 58.8. The molecular weight excluding hydrogens is 279 g/mol. The van der Waals surface area contributed by atoms with Crippen molar-refractivity contribution in [2.45, 2.75) is 19.8 Å². The topological polar surface area (TPSA) is 69.9 Å². The molecule has 4 nitrogen and oxygen atoms in total. The molecule has 0 rings (SSSR count). The van der Waals surface area contributed by atoms with Crippen molar-refractivity contribution in [3.05, 3.63) is 6.92 Å². The van der Waals surface area contributed by atoms with Crippen molar-refractivity contribution in [2.24, 2.45) is 0 Å². The molecule has 72 valence electrons. The Morgan fingerprint density at radius 1 is 1.33 bits per heavy atom. The molecule has 0 aliphatic carbocycles. The van der Waals surface area contributed by atoms with Crippen LogP contribution < -0.4 is 0 Å². The van der Waals surface area contributed by atoms with E-state index in [-0.39, 0.29) is 27.3 Å². The van der Waals surface area contributed by atoms with Gasteiger partial charge in [0.2, 0.25) is 0 Å². The SMILES string of the molecule is OP(O)O.[CH2-]COCCCC.[Cd]. The molecule has 0 aromatic carbocycles. The molecule has 0 bridgehead atoms. The number of unbranched alkanes of at least 4 members (excludes halogenated alkanes) is 1. The Kier molecular flexibility index (Phi) is 28.4. The number of ether oxygens (including phenoxy) is 1. The monoisotopic (exact) mass is 297 g/mol. The summed E-state index contributed by atoms with van der Waals surface area (Å²) in [6.45, 7) is 7.17. The second-order valence-electron chi connectivity index (χ2n) is 1.73. The molecule has 0 aliphatic rings. The number of rotatable bonds is 4. The standard InChI is InChI=1S/C6H13O.Cd.H3O3P/c1-3-5-6-7-4-2;;1-4(2)3/h2-6H2,1H3;;1-3H/q-1;;. The van der Waals surface area contributed by atoms with Gasteiger partial charge < -0.3 is 26.3 Å². The fourth-order valence-corrected chi connectivity index (χ4v) is 0.348. The van der Waals surface area contributed by atoms with E-state index in [2.05, 4.69) is 13.8 Å². The van der Waals surface area contributed by atoms with Gasteiger partial charge in [0.05, 0.1) is 0 Å². The first-order valence-electron chi connectivity index (χ1n) is 3.38. The summed E-state index contributed by atoms with van der Waals surface area (Å²) < 4.78 is 4.96. The van der Waals surface area contributed by atoms with E-state index in [0.29, 0.717) is 6.61 Å². The van der Waals surface area contributed by atoms with E-state index < -0.39 is 8.60 Å². The number of hydrogen-bond donors (Lipinski definition) is 3. The summed E-state index contributed by atoms with van der Waals surface area (Å²) in [6, 6.07) is 0. The molecule has 3 N–H and O–H groups in total. The van der Waals surface area contributed by atoms with Gasteiger partial charge in [-0.3, -0.25) is 0 Å². The molecule has 0 aliphatic heterocycles. The maximum Gasteiger partial charge on any atom is 0.324 e. The molecule has 6 heteroatoms. The van der Waals surface area contributed by atoms with Gasteiger partial charge in [-0.1, -0.05) is 20.0 Å². The van der Waals surface area contributed by atoms with Gasteiger partial charge in [-0.15, -0.1) is 0 Å². The third-order valence-corrected chi connectivity index (χ3v) is 0.787. The molecule has 0 amide bonds. The summed E-state index contributed by atoms with van der Waals surface area (Å²) in [5.41, 5.74) is 0. The van der Waals surface area contributed by atoms with Crippen molar-refractivity contribution in [1.82, 2.24) is 0 Å². The van der Waals surface area contributed by atoms with Crippen LogP contribution >= 0.6 is 8.60 Å². The van der Waals surface area contributed by atoms with Gasteiger partial charge in [0.15, 0.2) is 0 Å². The molecule has 0 radical (unpaired) electrons. The van der Waals surface area contributed by atoms with Gasteiger partial charge >= 0.3 is 8.60 Å². The average Bonchev–Trinajstić information content (AvgIpc) is 1.88. The van der Waals surface area contributed by atoms with Crippen molar-refractivity contribution in [3.63, 3.8) is 0 Å². The predicted molar refractivity (Wildman–Crippen MR) is 44.7 cm³/mol. The molecule has 0 saturated carbocycles. The summed E-state index contributed by atoms with van der Waals surface area (Å²) in [5.74, 6) is 0. The van der Waals surface area contributed by atoms with Gasteiger partial charge in [0.1, 0.15) is 0 Å². The van der Waals surface area contributed by atoms with Crippen LogP contribution in [0.4, 0.5) is 0 Å². The molecule has 0 saturated heterocycles. The second-order valence-corrected chi connectivity index (χ2v) is 2.27. The summed E-state index contributed by atoms with van der Waals surface area (Å²) in [4.78, 5) is 21.7. The minimum absolute atomic E-state index is 0. The fourth-order valence-electron chi connectivity index (χ4n) is 0.348. The van der Waals surface area contributed by atoms with Gasteiger partial charge in [0.25, 0.3) is 0 Å². The van der Waals surface area contributed by atoms with Gasteiger partial charge in [-0.25, -0.2) is 0 Å². The second kappa shape index (κ2) is 18.1. The molecule has 0 heterocycles. The molecule has 0 atom stereocenters.